The van der Waals surface area contributed by atoms with Crippen LogP contribution in [0.3, 0.4) is 0 Å². The highest BCUT2D eigenvalue weighted by molar-refractivity contribution is 5.96. The molecule has 4 N–H and O–H groups in total. The van der Waals surface area contributed by atoms with Crippen LogP contribution in [-0.2, 0) is 6.42 Å². The number of benzene rings is 2. The van der Waals surface area contributed by atoms with E-state index >= 15 is 0 Å². The van der Waals surface area contributed by atoms with E-state index in [0.717, 1.165) is 17.8 Å². The second-order valence-electron chi connectivity index (χ2n) is 6.36. The molecule has 0 unspecified atom stereocenters. The van der Waals surface area contributed by atoms with E-state index in [-0.39, 0.29) is 11.9 Å². The quantitative estimate of drug-likeness (QED) is 0.657. The average Bonchev–Trinajstić information content (AvgIpc) is 2.55. The molecule has 4 nitrogen and oxygen atoms in total. The molecule has 0 aliphatic rings. The van der Waals surface area contributed by atoms with Crippen molar-refractivity contribution in [2.75, 3.05) is 11.1 Å². The van der Waals surface area contributed by atoms with Crippen molar-refractivity contribution in [2.45, 2.75) is 46.1 Å². The summed E-state index contributed by atoms with van der Waals surface area (Å²) in [6.07, 6.45) is 3.52. The number of carbonyl (C=O) groups excluding carboxylic acids is 1. The zero-order valence-corrected chi connectivity index (χ0v) is 14.7. The van der Waals surface area contributed by atoms with Crippen LogP contribution in [0.1, 0.15) is 49.5 Å². The van der Waals surface area contributed by atoms with Crippen LogP contribution in [0.5, 0.6) is 0 Å². The van der Waals surface area contributed by atoms with E-state index in [9.17, 15) is 4.79 Å². The molecule has 2 aromatic carbocycles. The maximum Gasteiger partial charge on any atom is 0.251 e. The molecule has 0 bridgehead atoms. The lowest BCUT2D eigenvalue weighted by molar-refractivity contribution is 0.0943. The zero-order chi connectivity index (χ0) is 17.5. The summed E-state index contributed by atoms with van der Waals surface area (Å²) >= 11 is 0. The molecule has 2 rings (SSSR count). The van der Waals surface area contributed by atoms with Gasteiger partial charge in [0.05, 0.1) is 11.4 Å². The lowest BCUT2D eigenvalue weighted by Crippen LogP contribution is -2.30. The van der Waals surface area contributed by atoms with Gasteiger partial charge in [-0.3, -0.25) is 4.79 Å². The highest BCUT2D eigenvalue weighted by atomic mass is 16.1. The molecule has 128 valence electrons. The Kier molecular flexibility index (Phi) is 6.24. The van der Waals surface area contributed by atoms with E-state index in [2.05, 4.69) is 41.8 Å². The Labute approximate surface area is 144 Å². The first kappa shape index (κ1) is 17.9. The van der Waals surface area contributed by atoms with Gasteiger partial charge in [0.15, 0.2) is 0 Å². The van der Waals surface area contributed by atoms with Gasteiger partial charge in [-0.15, -0.1) is 0 Å². The summed E-state index contributed by atoms with van der Waals surface area (Å²) < 4.78 is 0. The van der Waals surface area contributed by atoms with Crippen LogP contribution in [0.2, 0.25) is 0 Å². The van der Waals surface area contributed by atoms with Crippen LogP contribution in [0, 0.1) is 0 Å². The van der Waals surface area contributed by atoms with E-state index in [0.29, 0.717) is 11.3 Å². The standard InChI is InChI=1S/C20H27N3O/c1-4-5-6-15-7-10-17(11-8-15)23-19-12-9-16(13-18(19)21)20(24)22-14(2)3/h7-14,23H,4-6,21H2,1-3H3,(H,22,24). The van der Waals surface area contributed by atoms with Crippen LogP contribution in [0.15, 0.2) is 42.5 Å². The van der Waals surface area contributed by atoms with E-state index in [1.54, 1.807) is 12.1 Å². The van der Waals surface area contributed by atoms with Crippen LogP contribution in [0.4, 0.5) is 17.1 Å². The van der Waals surface area contributed by atoms with Crippen molar-refractivity contribution in [2.24, 2.45) is 0 Å². The summed E-state index contributed by atoms with van der Waals surface area (Å²) in [6.45, 7) is 6.06. The fourth-order valence-corrected chi connectivity index (χ4v) is 2.45. The Balaban J connectivity index is 2.06. The van der Waals surface area contributed by atoms with E-state index < -0.39 is 0 Å². The molecule has 0 fully saturated rings. The van der Waals surface area contributed by atoms with Gasteiger partial charge in [-0.25, -0.2) is 0 Å². The molecule has 0 saturated carbocycles. The normalized spacial score (nSPS) is 10.7. The minimum absolute atomic E-state index is 0.0998. The average molecular weight is 325 g/mol. The van der Waals surface area contributed by atoms with Gasteiger partial charge in [0, 0.05) is 17.3 Å². The maximum absolute atomic E-state index is 12.0. The second kappa shape index (κ2) is 8.39. The van der Waals surface area contributed by atoms with Gasteiger partial charge >= 0.3 is 0 Å². The van der Waals surface area contributed by atoms with Gasteiger partial charge in [-0.2, -0.15) is 0 Å². The van der Waals surface area contributed by atoms with E-state index in [1.165, 1.54) is 18.4 Å². The number of anilines is 3. The summed E-state index contributed by atoms with van der Waals surface area (Å²) in [4.78, 5) is 12.0. The lowest BCUT2D eigenvalue weighted by Gasteiger charge is -2.13. The molecule has 0 atom stereocenters. The largest absolute Gasteiger partial charge is 0.397 e. The Hall–Kier alpha value is -2.49. The number of nitrogen functional groups attached to an aromatic ring is 1. The number of amides is 1. The number of hydrogen-bond donors (Lipinski definition) is 3. The van der Waals surface area contributed by atoms with Gasteiger partial charge in [0.2, 0.25) is 0 Å². The maximum atomic E-state index is 12.0. The third kappa shape index (κ3) is 5.01. The summed E-state index contributed by atoms with van der Waals surface area (Å²) in [5.41, 5.74) is 10.4. The number of nitrogens with two attached hydrogens (primary N) is 1. The van der Waals surface area contributed by atoms with Gasteiger partial charge < -0.3 is 16.4 Å². The molecule has 0 radical (unpaired) electrons. The van der Waals surface area contributed by atoms with Crippen LogP contribution >= 0.6 is 0 Å². The highest BCUT2D eigenvalue weighted by Gasteiger charge is 2.09. The Morgan fingerprint density at radius 1 is 1.12 bits per heavy atom. The van der Waals surface area contributed by atoms with Crippen molar-refractivity contribution in [3.8, 4) is 0 Å². The second-order valence-corrected chi connectivity index (χ2v) is 6.36. The molecule has 1 amide bonds. The molecule has 0 aromatic heterocycles. The predicted octanol–water partition coefficient (Wildman–Crippen LogP) is 4.49. The Morgan fingerprint density at radius 3 is 2.42 bits per heavy atom. The first-order valence-corrected chi connectivity index (χ1v) is 8.56. The highest BCUT2D eigenvalue weighted by Crippen LogP contribution is 2.24. The number of nitrogens with one attached hydrogen (secondary N) is 2. The fraction of sp³-hybridized carbons (Fsp3) is 0.350. The summed E-state index contributed by atoms with van der Waals surface area (Å²) in [7, 11) is 0. The minimum Gasteiger partial charge on any atom is -0.397 e. The molecule has 2 aromatic rings. The van der Waals surface area contributed by atoms with Crippen molar-refractivity contribution in [1.29, 1.82) is 0 Å². The van der Waals surface area contributed by atoms with Crippen molar-refractivity contribution in [1.82, 2.24) is 5.32 Å². The van der Waals surface area contributed by atoms with Crippen molar-refractivity contribution in [3.05, 3.63) is 53.6 Å². The molecule has 0 aliphatic heterocycles. The first-order chi connectivity index (χ1) is 11.5. The van der Waals surface area contributed by atoms with Crippen LogP contribution in [-0.4, -0.2) is 11.9 Å². The van der Waals surface area contributed by atoms with Crippen LogP contribution < -0.4 is 16.4 Å². The monoisotopic (exact) mass is 325 g/mol. The van der Waals surface area contributed by atoms with Gasteiger partial charge in [-0.1, -0.05) is 25.5 Å². The van der Waals surface area contributed by atoms with Crippen molar-refractivity contribution in [3.63, 3.8) is 0 Å². The fourth-order valence-electron chi connectivity index (χ4n) is 2.45. The summed E-state index contributed by atoms with van der Waals surface area (Å²) in [5, 5.41) is 6.17. The van der Waals surface area contributed by atoms with Crippen molar-refractivity contribution >= 4 is 23.0 Å². The molecule has 0 saturated heterocycles. The number of hydrogen-bond acceptors (Lipinski definition) is 3. The number of carbonyl (C=O) groups is 1. The third-order valence-corrected chi connectivity index (χ3v) is 3.79. The molecule has 0 spiro atoms. The number of unbranched alkanes of at least 4 members (excludes halogenated alkanes) is 1. The molecule has 24 heavy (non-hydrogen) atoms. The van der Waals surface area contributed by atoms with E-state index in [4.69, 9.17) is 5.73 Å². The molecule has 0 aliphatic carbocycles. The Morgan fingerprint density at radius 2 is 1.83 bits per heavy atom. The van der Waals surface area contributed by atoms with Gasteiger partial charge in [-0.05, 0) is 62.6 Å². The SMILES string of the molecule is CCCCc1ccc(Nc2ccc(C(=O)NC(C)C)cc2N)cc1. The predicted molar refractivity (Wildman–Crippen MR) is 102 cm³/mol. The van der Waals surface area contributed by atoms with E-state index in [1.807, 2.05) is 19.9 Å². The molecule has 0 heterocycles. The summed E-state index contributed by atoms with van der Waals surface area (Å²) in [5.74, 6) is -0.108. The summed E-state index contributed by atoms with van der Waals surface area (Å²) in [6, 6.07) is 13.8. The van der Waals surface area contributed by atoms with Crippen molar-refractivity contribution < 1.29 is 4.79 Å². The van der Waals surface area contributed by atoms with Gasteiger partial charge in [0.1, 0.15) is 0 Å². The Bertz CT molecular complexity index is 678. The zero-order valence-electron chi connectivity index (χ0n) is 14.7. The lowest BCUT2D eigenvalue weighted by atomic mass is 10.1. The smallest absolute Gasteiger partial charge is 0.251 e. The first-order valence-electron chi connectivity index (χ1n) is 8.56. The molecular weight excluding hydrogens is 298 g/mol. The minimum atomic E-state index is -0.108. The van der Waals surface area contributed by atoms with Gasteiger partial charge in [0.25, 0.3) is 5.91 Å². The molecular formula is C20H27N3O. The van der Waals surface area contributed by atoms with Crippen LogP contribution in [0.25, 0.3) is 0 Å². The topological polar surface area (TPSA) is 67.2 Å². The number of rotatable bonds is 7. The third-order valence-electron chi connectivity index (χ3n) is 3.79. The molecule has 4 heteroatoms. The number of aryl methyl sites for hydroxylation is 1.